The number of nitrogens with two attached hydrogens (primary N) is 1. The van der Waals surface area contributed by atoms with Crippen LogP contribution in [0.15, 0.2) is 4.99 Å². The summed E-state index contributed by atoms with van der Waals surface area (Å²) in [5, 5.41) is 8.82. The van der Waals surface area contributed by atoms with Crippen molar-refractivity contribution < 1.29 is 0 Å². The van der Waals surface area contributed by atoms with Gasteiger partial charge in [0.1, 0.15) is 0 Å². The van der Waals surface area contributed by atoms with E-state index in [1.54, 1.807) is 0 Å². The molecule has 32 heavy (non-hydrogen) atoms. The Morgan fingerprint density at radius 3 is 2.38 bits per heavy atom. The third-order valence-electron chi connectivity index (χ3n) is 7.80. The first-order valence-corrected chi connectivity index (χ1v) is 13.6. The van der Waals surface area contributed by atoms with E-state index in [4.69, 9.17) is 11.1 Å². The minimum absolute atomic E-state index is 0.481. The van der Waals surface area contributed by atoms with Crippen LogP contribution in [0, 0.1) is 17.2 Å². The summed E-state index contributed by atoms with van der Waals surface area (Å²) in [4.78, 5) is 11.6. The van der Waals surface area contributed by atoms with Crippen molar-refractivity contribution in [1.82, 2.24) is 14.7 Å². The predicted molar refractivity (Wildman–Crippen MR) is 138 cm³/mol. The number of unbranched alkanes of at least 4 members (excludes halogenated alkanes) is 5. The minimum Gasteiger partial charge on any atom is -0.370 e. The van der Waals surface area contributed by atoms with Crippen molar-refractivity contribution in [3.63, 3.8) is 0 Å². The van der Waals surface area contributed by atoms with E-state index < -0.39 is 0 Å². The molecule has 2 heterocycles. The highest BCUT2D eigenvalue weighted by Crippen LogP contribution is 2.26. The van der Waals surface area contributed by atoms with Crippen molar-refractivity contribution in [2.45, 2.75) is 111 Å². The van der Waals surface area contributed by atoms with Crippen molar-refractivity contribution in [2.24, 2.45) is 22.6 Å². The molecule has 1 fully saturated rings. The molecule has 6 heteroatoms. The summed E-state index contributed by atoms with van der Waals surface area (Å²) in [6.07, 6.45) is 12.3. The normalized spacial score (nSPS) is 23.2. The molecule has 0 amide bonds. The highest BCUT2D eigenvalue weighted by atomic mass is 15.4. The molecular weight excluding hydrogens is 396 g/mol. The monoisotopic (exact) mass is 448 g/mol. The van der Waals surface area contributed by atoms with Gasteiger partial charge in [0.2, 0.25) is 0 Å². The lowest BCUT2D eigenvalue weighted by Crippen LogP contribution is -2.41. The van der Waals surface area contributed by atoms with Gasteiger partial charge in [0.25, 0.3) is 0 Å². The Balaban J connectivity index is 1.76. The molecule has 1 saturated heterocycles. The Bertz CT molecular complexity index is 577. The van der Waals surface area contributed by atoms with Gasteiger partial charge in [-0.25, -0.2) is 0 Å². The van der Waals surface area contributed by atoms with Crippen molar-refractivity contribution in [3.8, 4) is 0 Å². The number of nitrogens with one attached hydrogen (secondary N) is 1. The molecule has 0 bridgehead atoms. The summed E-state index contributed by atoms with van der Waals surface area (Å²) in [7, 11) is 0. The van der Waals surface area contributed by atoms with Crippen LogP contribution in [0.3, 0.4) is 0 Å². The molecule has 0 saturated carbocycles. The average Bonchev–Trinajstić information content (AvgIpc) is 3.30. The van der Waals surface area contributed by atoms with E-state index in [2.05, 4.69) is 54.3 Å². The summed E-state index contributed by atoms with van der Waals surface area (Å²) in [5.74, 6) is 2.79. The second-order valence-corrected chi connectivity index (χ2v) is 10.3. The number of hydrogen-bond acceptors (Lipinski definition) is 4. The van der Waals surface area contributed by atoms with Crippen LogP contribution in [0.2, 0.25) is 0 Å². The molecular formula is C26H52N6. The van der Waals surface area contributed by atoms with Crippen LogP contribution in [0.1, 0.15) is 98.8 Å². The Morgan fingerprint density at radius 2 is 1.69 bits per heavy atom. The smallest absolute Gasteiger partial charge is 0.194 e. The summed E-state index contributed by atoms with van der Waals surface area (Å²) < 4.78 is 0. The SMILES string of the molecule is CCCCCCCN1C(N)=NC[C@@H]1CCCCN1C[C@H]([C@@H](C)CC)N(CC(C)CC)C1=N. The lowest BCUT2D eigenvalue weighted by molar-refractivity contribution is 0.230. The summed E-state index contributed by atoms with van der Waals surface area (Å²) in [6, 6.07) is 0.974. The lowest BCUT2D eigenvalue weighted by atomic mass is 9.97. The number of aliphatic imine (C=N–C) groups is 1. The van der Waals surface area contributed by atoms with E-state index in [0.29, 0.717) is 23.9 Å². The van der Waals surface area contributed by atoms with Gasteiger partial charge in [0.15, 0.2) is 11.9 Å². The van der Waals surface area contributed by atoms with Gasteiger partial charge in [0.05, 0.1) is 18.6 Å². The zero-order chi connectivity index (χ0) is 23.5. The van der Waals surface area contributed by atoms with Gasteiger partial charge in [-0.15, -0.1) is 0 Å². The molecule has 3 N–H and O–H groups in total. The summed E-state index contributed by atoms with van der Waals surface area (Å²) >= 11 is 0. The van der Waals surface area contributed by atoms with E-state index in [1.165, 1.54) is 51.4 Å². The molecule has 4 atom stereocenters. The quantitative estimate of drug-likeness (QED) is 0.321. The third kappa shape index (κ3) is 7.55. The van der Waals surface area contributed by atoms with Crippen LogP contribution in [0.25, 0.3) is 0 Å². The van der Waals surface area contributed by atoms with Crippen molar-refractivity contribution in [1.29, 1.82) is 5.41 Å². The van der Waals surface area contributed by atoms with Gasteiger partial charge in [-0.1, -0.05) is 73.1 Å². The molecule has 186 valence electrons. The van der Waals surface area contributed by atoms with Crippen LogP contribution in [-0.2, 0) is 0 Å². The van der Waals surface area contributed by atoms with Crippen LogP contribution in [0.5, 0.6) is 0 Å². The van der Waals surface area contributed by atoms with Gasteiger partial charge in [-0.2, -0.15) is 0 Å². The molecule has 6 nitrogen and oxygen atoms in total. The Morgan fingerprint density at radius 1 is 0.969 bits per heavy atom. The average molecular weight is 449 g/mol. The van der Waals surface area contributed by atoms with Gasteiger partial charge < -0.3 is 20.4 Å². The number of guanidine groups is 2. The fraction of sp³-hybridized carbons (Fsp3) is 0.923. The summed E-state index contributed by atoms with van der Waals surface area (Å²) in [6.45, 7) is 16.4. The van der Waals surface area contributed by atoms with Crippen LogP contribution < -0.4 is 5.73 Å². The Hall–Kier alpha value is -1.46. The molecule has 0 radical (unpaired) electrons. The fourth-order valence-corrected chi connectivity index (χ4v) is 5.08. The minimum atomic E-state index is 0.481. The maximum atomic E-state index is 8.82. The Kier molecular flexibility index (Phi) is 11.7. The van der Waals surface area contributed by atoms with E-state index in [-0.39, 0.29) is 0 Å². The molecule has 2 rings (SSSR count). The first kappa shape index (κ1) is 26.8. The Labute approximate surface area is 198 Å². The zero-order valence-corrected chi connectivity index (χ0v) is 21.8. The van der Waals surface area contributed by atoms with Crippen molar-refractivity contribution >= 4 is 11.9 Å². The van der Waals surface area contributed by atoms with Gasteiger partial charge in [-0.3, -0.25) is 10.4 Å². The largest absolute Gasteiger partial charge is 0.370 e. The van der Waals surface area contributed by atoms with Crippen molar-refractivity contribution in [3.05, 3.63) is 0 Å². The van der Waals surface area contributed by atoms with E-state index in [9.17, 15) is 0 Å². The molecule has 0 aromatic carbocycles. The molecule has 1 unspecified atom stereocenters. The summed E-state index contributed by atoms with van der Waals surface area (Å²) in [5.41, 5.74) is 6.19. The lowest BCUT2D eigenvalue weighted by Gasteiger charge is -2.31. The third-order valence-corrected chi connectivity index (χ3v) is 7.80. The van der Waals surface area contributed by atoms with Gasteiger partial charge in [-0.05, 0) is 37.5 Å². The molecule has 0 aliphatic carbocycles. The number of hydrogen-bond donors (Lipinski definition) is 2. The maximum Gasteiger partial charge on any atom is 0.194 e. The topological polar surface area (TPSA) is 72.0 Å². The van der Waals surface area contributed by atoms with E-state index in [1.807, 2.05) is 0 Å². The van der Waals surface area contributed by atoms with Gasteiger partial charge >= 0.3 is 0 Å². The first-order chi connectivity index (χ1) is 15.4. The highest BCUT2D eigenvalue weighted by Gasteiger charge is 2.37. The van der Waals surface area contributed by atoms with Crippen LogP contribution >= 0.6 is 0 Å². The molecule has 2 aliphatic heterocycles. The second kappa shape index (κ2) is 13.9. The number of nitrogens with zero attached hydrogens (tertiary/aromatic N) is 4. The predicted octanol–water partition coefficient (Wildman–Crippen LogP) is 5.14. The molecule has 2 aliphatic rings. The standard InChI is InChI=1S/C26H52N6/c1-6-9-10-11-13-17-31-23(18-29-25(31)27)15-12-14-16-30-20-24(22(5)8-3)32(26(30)28)19-21(4)7-2/h21-24,28H,6-20H2,1-5H3,(H2,27,29)/t21?,22-,23-,24+/m0/s1. The van der Waals surface area contributed by atoms with Crippen LogP contribution in [0.4, 0.5) is 0 Å². The molecule has 0 aromatic heterocycles. The zero-order valence-electron chi connectivity index (χ0n) is 21.8. The highest BCUT2D eigenvalue weighted by molar-refractivity contribution is 5.80. The molecule has 0 spiro atoms. The van der Waals surface area contributed by atoms with E-state index in [0.717, 1.165) is 57.5 Å². The van der Waals surface area contributed by atoms with E-state index >= 15 is 0 Å². The van der Waals surface area contributed by atoms with Crippen LogP contribution in [-0.4, -0.2) is 71.4 Å². The number of rotatable bonds is 16. The van der Waals surface area contributed by atoms with Gasteiger partial charge in [0, 0.05) is 26.2 Å². The van der Waals surface area contributed by atoms with Crippen molar-refractivity contribution in [2.75, 3.05) is 32.7 Å². The first-order valence-electron chi connectivity index (χ1n) is 13.6. The fourth-order valence-electron chi connectivity index (χ4n) is 5.08. The maximum absolute atomic E-state index is 8.82. The molecule has 0 aromatic rings. The second-order valence-electron chi connectivity index (χ2n) is 10.3.